The zero-order valence-electron chi connectivity index (χ0n) is 15.9. The molecule has 0 N–H and O–H groups in total. The molecule has 0 aromatic heterocycles. The molecule has 4 aliphatic carbocycles. The Morgan fingerprint density at radius 3 is 1.73 bits per heavy atom. The Balaban J connectivity index is 1.56. The maximum atomic E-state index is 5.39. The highest BCUT2D eigenvalue weighted by Gasteiger charge is 2.50. The van der Waals surface area contributed by atoms with E-state index in [1.54, 1.807) is 7.11 Å². The standard InChI is InChI=1S/C24H29NO/c1-16-3-5-21(6-4-16)25(22-7-9-23(26-2)10-8-22)24-19-12-17-11-18(14-19)15-20(24)13-17/h3-10,17-20,24H,11-15H2,1-2H3. The first-order valence-corrected chi connectivity index (χ1v) is 10.2. The van der Waals surface area contributed by atoms with E-state index in [0.29, 0.717) is 6.04 Å². The van der Waals surface area contributed by atoms with Crippen molar-refractivity contribution >= 4 is 11.4 Å². The molecule has 2 aromatic rings. The summed E-state index contributed by atoms with van der Waals surface area (Å²) in [6.45, 7) is 2.17. The summed E-state index contributed by atoms with van der Waals surface area (Å²) in [6, 6.07) is 18.5. The molecule has 0 aliphatic heterocycles. The Kier molecular flexibility index (Phi) is 3.95. The number of rotatable bonds is 4. The largest absolute Gasteiger partial charge is 0.497 e. The highest BCUT2D eigenvalue weighted by molar-refractivity contribution is 5.65. The zero-order valence-corrected chi connectivity index (χ0v) is 15.9. The molecule has 4 saturated carbocycles. The summed E-state index contributed by atoms with van der Waals surface area (Å²) in [7, 11) is 1.74. The van der Waals surface area contributed by atoms with Crippen LogP contribution >= 0.6 is 0 Å². The summed E-state index contributed by atoms with van der Waals surface area (Å²) < 4.78 is 5.39. The van der Waals surface area contributed by atoms with Crippen LogP contribution in [-0.4, -0.2) is 13.2 Å². The Bertz CT molecular complexity index is 736. The lowest BCUT2D eigenvalue weighted by atomic mass is 9.53. The van der Waals surface area contributed by atoms with Crippen molar-refractivity contribution in [2.45, 2.75) is 45.1 Å². The lowest BCUT2D eigenvalue weighted by Gasteiger charge is -2.57. The normalized spacial score (nSPS) is 31.8. The topological polar surface area (TPSA) is 12.5 Å². The highest BCUT2D eigenvalue weighted by Crippen LogP contribution is 2.56. The van der Waals surface area contributed by atoms with Crippen molar-refractivity contribution in [3.05, 3.63) is 54.1 Å². The second kappa shape index (κ2) is 6.33. The minimum atomic E-state index is 0.652. The van der Waals surface area contributed by atoms with Crippen LogP contribution < -0.4 is 9.64 Å². The summed E-state index contributed by atoms with van der Waals surface area (Å²) in [5.41, 5.74) is 3.99. The van der Waals surface area contributed by atoms with Crippen molar-refractivity contribution in [3.63, 3.8) is 0 Å². The van der Waals surface area contributed by atoms with Crippen LogP contribution in [0.15, 0.2) is 48.5 Å². The lowest BCUT2D eigenvalue weighted by molar-refractivity contribution is 0.000529. The van der Waals surface area contributed by atoms with Gasteiger partial charge in [-0.2, -0.15) is 0 Å². The maximum absolute atomic E-state index is 5.39. The highest BCUT2D eigenvalue weighted by atomic mass is 16.5. The SMILES string of the molecule is COc1ccc(N(c2ccc(C)cc2)C2C3CC4CC(C3)CC2C4)cc1. The molecule has 4 fully saturated rings. The Morgan fingerprint density at radius 2 is 1.23 bits per heavy atom. The molecular weight excluding hydrogens is 318 g/mol. The first kappa shape index (κ1) is 16.2. The molecule has 4 aliphatic rings. The third kappa shape index (κ3) is 2.71. The van der Waals surface area contributed by atoms with Crippen molar-refractivity contribution in [1.82, 2.24) is 0 Å². The number of hydrogen-bond acceptors (Lipinski definition) is 2. The number of benzene rings is 2. The first-order chi connectivity index (χ1) is 12.7. The van der Waals surface area contributed by atoms with Gasteiger partial charge >= 0.3 is 0 Å². The van der Waals surface area contributed by atoms with Crippen LogP contribution in [0.3, 0.4) is 0 Å². The fourth-order valence-corrected chi connectivity index (χ4v) is 6.26. The van der Waals surface area contributed by atoms with Crippen molar-refractivity contribution in [1.29, 1.82) is 0 Å². The predicted octanol–water partition coefficient (Wildman–Crippen LogP) is 5.97. The van der Waals surface area contributed by atoms with Gasteiger partial charge in [-0.1, -0.05) is 17.7 Å². The lowest BCUT2D eigenvalue weighted by Crippen LogP contribution is -2.54. The fourth-order valence-electron chi connectivity index (χ4n) is 6.26. The molecule has 0 heterocycles. The molecule has 4 bridgehead atoms. The number of methoxy groups -OCH3 is 1. The van der Waals surface area contributed by atoms with E-state index in [-0.39, 0.29) is 0 Å². The summed E-state index contributed by atoms with van der Waals surface area (Å²) >= 11 is 0. The van der Waals surface area contributed by atoms with Gasteiger partial charge in [-0.05, 0) is 99.1 Å². The molecular formula is C24H29NO. The van der Waals surface area contributed by atoms with Crippen LogP contribution in [0.4, 0.5) is 11.4 Å². The average Bonchev–Trinajstić information content (AvgIpc) is 2.65. The van der Waals surface area contributed by atoms with E-state index in [9.17, 15) is 0 Å². The summed E-state index contributed by atoms with van der Waals surface area (Å²) in [6.07, 6.45) is 7.27. The maximum Gasteiger partial charge on any atom is 0.119 e. The van der Waals surface area contributed by atoms with Gasteiger partial charge in [0.2, 0.25) is 0 Å². The van der Waals surface area contributed by atoms with Crippen LogP contribution in [0.2, 0.25) is 0 Å². The van der Waals surface area contributed by atoms with Crippen LogP contribution in [0.5, 0.6) is 5.75 Å². The summed E-state index contributed by atoms with van der Waals surface area (Å²) in [4.78, 5) is 2.66. The molecule has 2 aromatic carbocycles. The van der Waals surface area contributed by atoms with E-state index >= 15 is 0 Å². The first-order valence-electron chi connectivity index (χ1n) is 10.2. The van der Waals surface area contributed by atoms with Gasteiger partial charge in [-0.25, -0.2) is 0 Å². The Morgan fingerprint density at radius 1 is 0.731 bits per heavy atom. The molecule has 136 valence electrons. The summed E-state index contributed by atoms with van der Waals surface area (Å²) in [5, 5.41) is 0. The predicted molar refractivity (Wildman–Crippen MR) is 107 cm³/mol. The Labute approximate surface area is 157 Å². The minimum Gasteiger partial charge on any atom is -0.497 e. The molecule has 2 heteroatoms. The molecule has 0 amide bonds. The molecule has 0 atom stereocenters. The van der Waals surface area contributed by atoms with Crippen LogP contribution in [0.25, 0.3) is 0 Å². The van der Waals surface area contributed by atoms with Crippen molar-refractivity contribution in [2.24, 2.45) is 23.7 Å². The molecule has 0 spiro atoms. The van der Waals surface area contributed by atoms with E-state index in [1.165, 1.54) is 49.0 Å². The molecule has 2 nitrogen and oxygen atoms in total. The number of ether oxygens (including phenoxy) is 1. The second-order valence-corrected chi connectivity index (χ2v) is 8.82. The third-order valence-electron chi connectivity index (χ3n) is 7.14. The molecule has 6 rings (SSSR count). The second-order valence-electron chi connectivity index (χ2n) is 8.82. The van der Waals surface area contributed by atoms with Crippen molar-refractivity contribution < 1.29 is 4.74 Å². The van der Waals surface area contributed by atoms with E-state index in [0.717, 1.165) is 29.4 Å². The van der Waals surface area contributed by atoms with Gasteiger partial charge in [-0.15, -0.1) is 0 Å². The van der Waals surface area contributed by atoms with Gasteiger partial charge in [-0.3, -0.25) is 0 Å². The number of nitrogens with zero attached hydrogens (tertiary/aromatic N) is 1. The van der Waals surface area contributed by atoms with Gasteiger partial charge in [0.05, 0.1) is 7.11 Å². The quantitative estimate of drug-likeness (QED) is 0.676. The molecule has 0 radical (unpaired) electrons. The fraction of sp³-hybridized carbons (Fsp3) is 0.500. The minimum absolute atomic E-state index is 0.652. The van der Waals surface area contributed by atoms with E-state index < -0.39 is 0 Å². The van der Waals surface area contributed by atoms with Crippen LogP contribution in [-0.2, 0) is 0 Å². The van der Waals surface area contributed by atoms with Gasteiger partial charge in [0.15, 0.2) is 0 Å². The van der Waals surface area contributed by atoms with Gasteiger partial charge in [0, 0.05) is 17.4 Å². The Hall–Kier alpha value is -1.96. The monoisotopic (exact) mass is 347 g/mol. The smallest absolute Gasteiger partial charge is 0.119 e. The van der Waals surface area contributed by atoms with Gasteiger partial charge < -0.3 is 9.64 Å². The molecule has 0 saturated heterocycles. The van der Waals surface area contributed by atoms with Crippen LogP contribution in [0, 0.1) is 30.6 Å². The molecule has 0 unspecified atom stereocenters. The zero-order chi connectivity index (χ0) is 17.7. The van der Waals surface area contributed by atoms with Gasteiger partial charge in [0.25, 0.3) is 0 Å². The van der Waals surface area contributed by atoms with E-state index in [1.807, 2.05) is 0 Å². The average molecular weight is 348 g/mol. The van der Waals surface area contributed by atoms with Crippen LogP contribution in [0.1, 0.15) is 37.7 Å². The van der Waals surface area contributed by atoms with Gasteiger partial charge in [0.1, 0.15) is 5.75 Å². The molecule has 26 heavy (non-hydrogen) atoms. The van der Waals surface area contributed by atoms with E-state index in [4.69, 9.17) is 4.74 Å². The number of hydrogen-bond donors (Lipinski definition) is 0. The summed E-state index contributed by atoms with van der Waals surface area (Å²) in [5.74, 6) is 4.65. The number of anilines is 2. The number of aryl methyl sites for hydroxylation is 1. The van der Waals surface area contributed by atoms with Crippen molar-refractivity contribution in [3.8, 4) is 5.75 Å². The van der Waals surface area contributed by atoms with Crippen molar-refractivity contribution in [2.75, 3.05) is 12.0 Å². The third-order valence-corrected chi connectivity index (χ3v) is 7.14. The van der Waals surface area contributed by atoms with E-state index in [2.05, 4.69) is 60.4 Å².